The van der Waals surface area contributed by atoms with E-state index in [2.05, 4.69) is 31.1 Å². The summed E-state index contributed by atoms with van der Waals surface area (Å²) in [6.45, 7) is 7.30. The van der Waals surface area contributed by atoms with Crippen LogP contribution in [-0.4, -0.2) is 16.5 Å². The van der Waals surface area contributed by atoms with E-state index in [0.717, 1.165) is 24.6 Å². The van der Waals surface area contributed by atoms with Crippen molar-refractivity contribution in [1.29, 1.82) is 0 Å². The molecule has 0 unspecified atom stereocenters. The van der Waals surface area contributed by atoms with Gasteiger partial charge in [0.2, 0.25) is 0 Å². The van der Waals surface area contributed by atoms with Gasteiger partial charge in [0.25, 0.3) is 0 Å². The lowest BCUT2D eigenvalue weighted by atomic mass is 9.84. The van der Waals surface area contributed by atoms with Crippen molar-refractivity contribution >= 4 is 5.82 Å². The first-order valence-corrected chi connectivity index (χ1v) is 6.37. The van der Waals surface area contributed by atoms with Crippen LogP contribution in [0.25, 0.3) is 0 Å². The topological polar surface area (TPSA) is 37.8 Å². The molecule has 1 N–H and O–H groups in total. The van der Waals surface area contributed by atoms with Gasteiger partial charge in [-0.25, -0.2) is 9.97 Å². The van der Waals surface area contributed by atoms with Crippen molar-refractivity contribution in [3.05, 3.63) is 17.1 Å². The Hall–Kier alpha value is -1.12. The fraction of sp³-hybridized carbons (Fsp3) is 0.692. The van der Waals surface area contributed by atoms with Crippen molar-refractivity contribution < 1.29 is 0 Å². The summed E-state index contributed by atoms with van der Waals surface area (Å²) in [6, 6.07) is 0. The zero-order valence-corrected chi connectivity index (χ0v) is 10.5. The Kier molecular flexibility index (Phi) is 3.42. The minimum atomic E-state index is 0.614. The fourth-order valence-electron chi connectivity index (χ4n) is 2.12. The molecule has 0 amide bonds. The van der Waals surface area contributed by atoms with E-state index in [9.17, 15) is 0 Å². The summed E-state index contributed by atoms with van der Waals surface area (Å²) in [6.07, 6.45) is 4.85. The molecule has 1 saturated carbocycles. The van der Waals surface area contributed by atoms with Gasteiger partial charge in [-0.05, 0) is 33.1 Å². The first kappa shape index (κ1) is 11.4. The van der Waals surface area contributed by atoms with E-state index in [0.29, 0.717) is 5.92 Å². The third-order valence-electron chi connectivity index (χ3n) is 3.41. The number of anilines is 1. The van der Waals surface area contributed by atoms with Crippen LogP contribution in [0.5, 0.6) is 0 Å². The highest BCUT2D eigenvalue weighted by Gasteiger charge is 2.23. The normalized spacial score (nSPS) is 15.9. The molecule has 0 atom stereocenters. The average molecular weight is 219 g/mol. The van der Waals surface area contributed by atoms with Crippen molar-refractivity contribution in [3.63, 3.8) is 0 Å². The lowest BCUT2D eigenvalue weighted by Crippen LogP contribution is -2.16. The Balaban J connectivity index is 2.34. The maximum Gasteiger partial charge on any atom is 0.134 e. The predicted molar refractivity (Wildman–Crippen MR) is 66.9 cm³/mol. The molecule has 3 heteroatoms. The fourth-order valence-corrected chi connectivity index (χ4v) is 2.12. The summed E-state index contributed by atoms with van der Waals surface area (Å²) in [7, 11) is 0. The molecule has 0 bridgehead atoms. The average Bonchev–Trinajstić information content (AvgIpc) is 2.20. The van der Waals surface area contributed by atoms with Crippen molar-refractivity contribution in [1.82, 2.24) is 9.97 Å². The molecule has 88 valence electrons. The van der Waals surface area contributed by atoms with Crippen LogP contribution in [-0.2, 0) is 6.42 Å². The van der Waals surface area contributed by atoms with Crippen LogP contribution in [0.2, 0.25) is 0 Å². The second kappa shape index (κ2) is 4.81. The van der Waals surface area contributed by atoms with Gasteiger partial charge in [0.15, 0.2) is 0 Å². The van der Waals surface area contributed by atoms with Gasteiger partial charge in [-0.3, -0.25) is 0 Å². The Labute approximate surface area is 97.7 Å². The van der Waals surface area contributed by atoms with Gasteiger partial charge in [-0.2, -0.15) is 0 Å². The molecular weight excluding hydrogens is 198 g/mol. The first-order valence-electron chi connectivity index (χ1n) is 6.37. The van der Waals surface area contributed by atoms with Crippen LogP contribution >= 0.6 is 0 Å². The quantitative estimate of drug-likeness (QED) is 0.845. The standard InChI is InChI=1S/C13H21N3/c1-4-11-9(3)12(14-5-2)16-13(15-11)10-7-6-8-10/h10H,4-8H2,1-3H3,(H,14,15,16). The van der Waals surface area contributed by atoms with Crippen LogP contribution < -0.4 is 5.32 Å². The van der Waals surface area contributed by atoms with Gasteiger partial charge < -0.3 is 5.32 Å². The summed E-state index contributed by atoms with van der Waals surface area (Å²) >= 11 is 0. The molecule has 0 spiro atoms. The van der Waals surface area contributed by atoms with E-state index >= 15 is 0 Å². The Bertz CT molecular complexity index is 370. The third-order valence-corrected chi connectivity index (χ3v) is 3.41. The van der Waals surface area contributed by atoms with E-state index < -0.39 is 0 Å². The van der Waals surface area contributed by atoms with Crippen LogP contribution in [0.3, 0.4) is 0 Å². The van der Waals surface area contributed by atoms with Gasteiger partial charge in [-0.1, -0.05) is 13.3 Å². The van der Waals surface area contributed by atoms with E-state index in [1.54, 1.807) is 0 Å². The molecular formula is C13H21N3. The van der Waals surface area contributed by atoms with Crippen LogP contribution in [0.4, 0.5) is 5.82 Å². The molecule has 3 nitrogen and oxygen atoms in total. The van der Waals surface area contributed by atoms with Crippen molar-refractivity contribution in [3.8, 4) is 0 Å². The number of aromatic nitrogens is 2. The Morgan fingerprint density at radius 3 is 2.50 bits per heavy atom. The molecule has 1 fully saturated rings. The van der Waals surface area contributed by atoms with Gasteiger partial charge in [0.1, 0.15) is 11.6 Å². The summed E-state index contributed by atoms with van der Waals surface area (Å²) in [4.78, 5) is 9.37. The molecule has 1 aromatic heterocycles. The molecule has 0 aromatic carbocycles. The molecule has 0 aliphatic heterocycles. The van der Waals surface area contributed by atoms with Gasteiger partial charge in [0, 0.05) is 23.7 Å². The summed E-state index contributed by atoms with van der Waals surface area (Å²) in [5.41, 5.74) is 2.42. The number of nitrogens with one attached hydrogen (secondary N) is 1. The molecule has 1 heterocycles. The van der Waals surface area contributed by atoms with E-state index in [1.807, 2.05) is 0 Å². The number of hydrogen-bond acceptors (Lipinski definition) is 3. The monoisotopic (exact) mass is 219 g/mol. The molecule has 0 saturated heterocycles. The van der Waals surface area contributed by atoms with Crippen molar-refractivity contribution in [2.24, 2.45) is 0 Å². The molecule has 2 rings (SSSR count). The zero-order chi connectivity index (χ0) is 11.5. The van der Waals surface area contributed by atoms with E-state index in [-0.39, 0.29) is 0 Å². The number of aryl methyl sites for hydroxylation is 1. The van der Waals surface area contributed by atoms with Crippen molar-refractivity contribution in [2.75, 3.05) is 11.9 Å². The number of nitrogens with zero attached hydrogens (tertiary/aromatic N) is 2. The van der Waals surface area contributed by atoms with E-state index in [1.165, 1.54) is 30.5 Å². The van der Waals surface area contributed by atoms with E-state index in [4.69, 9.17) is 4.98 Å². The van der Waals surface area contributed by atoms with Gasteiger partial charge in [-0.15, -0.1) is 0 Å². The lowest BCUT2D eigenvalue weighted by Gasteiger charge is -2.25. The summed E-state index contributed by atoms with van der Waals surface area (Å²) < 4.78 is 0. The second-order valence-corrected chi connectivity index (χ2v) is 4.51. The third kappa shape index (κ3) is 2.04. The van der Waals surface area contributed by atoms with Crippen molar-refractivity contribution in [2.45, 2.75) is 52.4 Å². The van der Waals surface area contributed by atoms with Gasteiger partial charge >= 0.3 is 0 Å². The van der Waals surface area contributed by atoms with Crippen LogP contribution in [0.1, 0.15) is 56.1 Å². The molecule has 1 aliphatic carbocycles. The molecule has 1 aromatic rings. The zero-order valence-electron chi connectivity index (χ0n) is 10.5. The summed E-state index contributed by atoms with van der Waals surface area (Å²) in [5.74, 6) is 2.71. The molecule has 0 radical (unpaired) electrons. The predicted octanol–water partition coefficient (Wildman–Crippen LogP) is 3.05. The lowest BCUT2D eigenvalue weighted by molar-refractivity contribution is 0.400. The smallest absolute Gasteiger partial charge is 0.134 e. The summed E-state index contributed by atoms with van der Waals surface area (Å²) in [5, 5.41) is 3.34. The van der Waals surface area contributed by atoms with Gasteiger partial charge in [0.05, 0.1) is 0 Å². The maximum absolute atomic E-state index is 4.70. The Morgan fingerprint density at radius 1 is 1.25 bits per heavy atom. The second-order valence-electron chi connectivity index (χ2n) is 4.51. The highest BCUT2D eigenvalue weighted by atomic mass is 15.0. The SMILES string of the molecule is CCNc1nc(C2CCC2)nc(CC)c1C. The maximum atomic E-state index is 4.70. The molecule has 1 aliphatic rings. The van der Waals surface area contributed by atoms with Crippen LogP contribution in [0.15, 0.2) is 0 Å². The highest BCUT2D eigenvalue weighted by Crippen LogP contribution is 2.35. The molecule has 16 heavy (non-hydrogen) atoms. The number of hydrogen-bond donors (Lipinski definition) is 1. The minimum Gasteiger partial charge on any atom is -0.370 e. The first-order chi connectivity index (χ1) is 7.76. The Morgan fingerprint density at radius 2 is 2.00 bits per heavy atom. The minimum absolute atomic E-state index is 0.614. The highest BCUT2D eigenvalue weighted by molar-refractivity contribution is 5.46. The number of rotatable bonds is 4. The largest absolute Gasteiger partial charge is 0.370 e. The van der Waals surface area contributed by atoms with Crippen LogP contribution in [0, 0.1) is 6.92 Å².